The summed E-state index contributed by atoms with van der Waals surface area (Å²) in [6, 6.07) is 8.23. The number of hydrogen-bond donors (Lipinski definition) is 0. The maximum absolute atomic E-state index is 13.8. The predicted octanol–water partition coefficient (Wildman–Crippen LogP) is 3.83. The van der Waals surface area contributed by atoms with E-state index in [1.165, 1.54) is 10.7 Å². The second kappa shape index (κ2) is 4.67. The van der Waals surface area contributed by atoms with Gasteiger partial charge in [-0.25, -0.2) is 9.07 Å². The van der Waals surface area contributed by atoms with Gasteiger partial charge in [-0.15, -0.1) is 0 Å². The second-order valence-corrected chi connectivity index (χ2v) is 5.60. The molecule has 0 saturated carbocycles. The maximum Gasteiger partial charge on any atom is 0.151 e. The number of hydrogen-bond acceptors (Lipinski definition) is 2. The van der Waals surface area contributed by atoms with Crippen LogP contribution in [-0.2, 0) is 5.41 Å². The van der Waals surface area contributed by atoms with Crippen molar-refractivity contribution in [1.29, 1.82) is 5.26 Å². The molecule has 0 bridgehead atoms. The summed E-state index contributed by atoms with van der Waals surface area (Å²) in [5.41, 5.74) is 0.741. The van der Waals surface area contributed by atoms with Gasteiger partial charge in [0.2, 0.25) is 0 Å². The van der Waals surface area contributed by atoms with Crippen LogP contribution in [0.4, 0.5) is 4.39 Å². The van der Waals surface area contributed by atoms with Crippen LogP contribution in [0, 0.1) is 17.1 Å². The number of rotatable bonds is 1. The maximum atomic E-state index is 13.8. The van der Waals surface area contributed by atoms with Crippen LogP contribution in [0.3, 0.4) is 0 Å². The van der Waals surface area contributed by atoms with Gasteiger partial charge >= 0.3 is 0 Å². The molecule has 0 amide bonds. The molecule has 0 N–H and O–H groups in total. The first kappa shape index (κ1) is 13.6. The SMILES string of the molecule is CC(C)(C)c1nn(-c2ccccc2F)c(Cl)c1C#N. The van der Waals surface area contributed by atoms with Gasteiger partial charge in [-0.05, 0) is 12.1 Å². The number of benzene rings is 1. The Balaban J connectivity index is 2.72. The normalized spacial score (nSPS) is 11.4. The quantitative estimate of drug-likeness (QED) is 0.795. The van der Waals surface area contributed by atoms with Crippen molar-refractivity contribution in [2.75, 3.05) is 0 Å². The van der Waals surface area contributed by atoms with Crippen LogP contribution in [0.5, 0.6) is 0 Å². The van der Waals surface area contributed by atoms with E-state index in [2.05, 4.69) is 5.10 Å². The molecule has 0 radical (unpaired) electrons. The largest absolute Gasteiger partial charge is 0.218 e. The molecule has 0 unspecified atom stereocenters. The Morgan fingerprint density at radius 2 is 1.95 bits per heavy atom. The lowest BCUT2D eigenvalue weighted by molar-refractivity contribution is 0.554. The van der Waals surface area contributed by atoms with Crippen molar-refractivity contribution in [1.82, 2.24) is 9.78 Å². The zero-order chi connectivity index (χ0) is 14.2. The van der Waals surface area contributed by atoms with Crippen molar-refractivity contribution in [3.63, 3.8) is 0 Å². The number of halogens is 2. The van der Waals surface area contributed by atoms with E-state index in [4.69, 9.17) is 11.6 Å². The molecular weight excluding hydrogens is 265 g/mol. The minimum absolute atomic E-state index is 0.137. The van der Waals surface area contributed by atoms with E-state index in [0.717, 1.165) is 0 Å². The van der Waals surface area contributed by atoms with Crippen molar-refractivity contribution in [2.45, 2.75) is 26.2 Å². The lowest BCUT2D eigenvalue weighted by atomic mass is 9.90. The van der Waals surface area contributed by atoms with E-state index in [-0.39, 0.29) is 21.8 Å². The topological polar surface area (TPSA) is 41.6 Å². The second-order valence-electron chi connectivity index (χ2n) is 5.24. The Morgan fingerprint density at radius 1 is 1.32 bits per heavy atom. The van der Waals surface area contributed by atoms with Gasteiger partial charge in [0, 0.05) is 5.41 Å². The Hall–Kier alpha value is -1.86. The monoisotopic (exact) mass is 277 g/mol. The fourth-order valence-corrected chi connectivity index (χ4v) is 2.07. The molecule has 2 aromatic rings. The molecule has 1 aromatic carbocycles. The van der Waals surface area contributed by atoms with Crippen LogP contribution in [0.2, 0.25) is 5.15 Å². The summed E-state index contributed by atoms with van der Waals surface area (Å²) in [6.45, 7) is 5.79. The van der Waals surface area contributed by atoms with Gasteiger partial charge in [0.25, 0.3) is 0 Å². The van der Waals surface area contributed by atoms with Gasteiger partial charge in [0.05, 0.1) is 5.69 Å². The average molecular weight is 278 g/mol. The summed E-state index contributed by atoms with van der Waals surface area (Å²) < 4.78 is 15.1. The first-order valence-corrected chi connectivity index (χ1v) is 6.18. The first-order valence-electron chi connectivity index (χ1n) is 5.80. The van der Waals surface area contributed by atoms with E-state index in [0.29, 0.717) is 5.69 Å². The molecule has 0 fully saturated rings. The zero-order valence-corrected chi connectivity index (χ0v) is 11.7. The van der Waals surface area contributed by atoms with Gasteiger partial charge in [-0.1, -0.05) is 44.5 Å². The summed E-state index contributed by atoms with van der Waals surface area (Å²) in [5.74, 6) is -0.433. The molecule has 5 heteroatoms. The van der Waals surface area contributed by atoms with Gasteiger partial charge < -0.3 is 0 Å². The van der Waals surface area contributed by atoms with Crippen LogP contribution in [0.15, 0.2) is 24.3 Å². The molecule has 0 aliphatic heterocycles. The standard InChI is InChI=1S/C14H13ClFN3/c1-14(2,3)12-9(8-17)13(15)19(18-12)11-7-5-4-6-10(11)16/h4-7H,1-3H3. The van der Waals surface area contributed by atoms with Crippen LogP contribution in [0.25, 0.3) is 5.69 Å². The highest BCUT2D eigenvalue weighted by Crippen LogP contribution is 2.31. The number of para-hydroxylation sites is 1. The molecule has 3 nitrogen and oxygen atoms in total. The van der Waals surface area contributed by atoms with Crippen LogP contribution < -0.4 is 0 Å². The number of nitriles is 1. The molecular formula is C14H13ClFN3. The summed E-state index contributed by atoms with van der Waals surface area (Å²) in [4.78, 5) is 0. The smallest absolute Gasteiger partial charge is 0.151 e. The lowest BCUT2D eigenvalue weighted by Gasteiger charge is -2.15. The molecule has 1 aromatic heterocycles. The van der Waals surface area contributed by atoms with Gasteiger partial charge in [-0.2, -0.15) is 10.4 Å². The van der Waals surface area contributed by atoms with E-state index >= 15 is 0 Å². The third kappa shape index (κ3) is 2.34. The molecule has 2 rings (SSSR count). The van der Waals surface area contributed by atoms with Crippen molar-refractivity contribution < 1.29 is 4.39 Å². The Kier molecular flexibility index (Phi) is 3.34. The molecule has 98 valence electrons. The zero-order valence-electron chi connectivity index (χ0n) is 10.9. The van der Waals surface area contributed by atoms with Crippen LogP contribution >= 0.6 is 11.6 Å². The Morgan fingerprint density at radius 3 is 2.42 bits per heavy atom. The number of aromatic nitrogens is 2. The summed E-state index contributed by atoms with van der Waals surface area (Å²) in [6.07, 6.45) is 0. The molecule has 0 aliphatic rings. The minimum Gasteiger partial charge on any atom is -0.218 e. The summed E-state index contributed by atoms with van der Waals surface area (Å²) in [5, 5.41) is 13.7. The summed E-state index contributed by atoms with van der Waals surface area (Å²) >= 11 is 6.15. The van der Waals surface area contributed by atoms with Crippen molar-refractivity contribution in [3.05, 3.63) is 46.5 Å². The van der Waals surface area contributed by atoms with Gasteiger partial charge in [-0.3, -0.25) is 0 Å². The van der Waals surface area contributed by atoms with E-state index in [9.17, 15) is 9.65 Å². The highest BCUT2D eigenvalue weighted by Gasteiger charge is 2.27. The highest BCUT2D eigenvalue weighted by atomic mass is 35.5. The minimum atomic E-state index is -0.433. The molecule has 0 aliphatic carbocycles. The first-order chi connectivity index (χ1) is 8.86. The van der Waals surface area contributed by atoms with Crippen molar-refractivity contribution in [3.8, 4) is 11.8 Å². The Labute approximate surface area is 116 Å². The fourth-order valence-electron chi connectivity index (χ4n) is 1.80. The van der Waals surface area contributed by atoms with Gasteiger partial charge in [0.1, 0.15) is 23.1 Å². The van der Waals surface area contributed by atoms with E-state index < -0.39 is 5.82 Å². The highest BCUT2D eigenvalue weighted by molar-refractivity contribution is 6.31. The molecule has 0 atom stereocenters. The third-order valence-corrected chi connectivity index (χ3v) is 3.08. The van der Waals surface area contributed by atoms with Crippen molar-refractivity contribution >= 4 is 11.6 Å². The van der Waals surface area contributed by atoms with E-state index in [1.807, 2.05) is 26.8 Å². The van der Waals surface area contributed by atoms with Crippen molar-refractivity contribution in [2.24, 2.45) is 0 Å². The fraction of sp³-hybridized carbons (Fsp3) is 0.286. The van der Waals surface area contributed by atoms with Crippen LogP contribution in [-0.4, -0.2) is 9.78 Å². The van der Waals surface area contributed by atoms with Gasteiger partial charge in [0.15, 0.2) is 5.15 Å². The summed E-state index contributed by atoms with van der Waals surface area (Å²) in [7, 11) is 0. The lowest BCUT2D eigenvalue weighted by Crippen LogP contribution is -2.14. The average Bonchev–Trinajstić information content (AvgIpc) is 2.67. The number of nitrogens with zero attached hydrogens (tertiary/aromatic N) is 3. The molecule has 0 saturated heterocycles. The molecule has 0 spiro atoms. The predicted molar refractivity (Wildman–Crippen MR) is 71.9 cm³/mol. The molecule has 19 heavy (non-hydrogen) atoms. The van der Waals surface area contributed by atoms with E-state index in [1.54, 1.807) is 18.2 Å². The third-order valence-electron chi connectivity index (χ3n) is 2.73. The Bertz CT molecular complexity index is 662. The molecule has 1 heterocycles. The van der Waals surface area contributed by atoms with Crippen LogP contribution in [0.1, 0.15) is 32.0 Å².